The molecule has 0 unspecified atom stereocenters. The van der Waals surface area contributed by atoms with E-state index in [9.17, 15) is 22.4 Å². The van der Waals surface area contributed by atoms with Crippen molar-refractivity contribution in [3.8, 4) is 17.0 Å². The van der Waals surface area contributed by atoms with Crippen LogP contribution in [0.4, 0.5) is 23.2 Å². The highest BCUT2D eigenvalue weighted by atomic mass is 19.3. The van der Waals surface area contributed by atoms with Gasteiger partial charge in [0.2, 0.25) is 0 Å². The third-order valence-corrected chi connectivity index (χ3v) is 5.36. The van der Waals surface area contributed by atoms with Crippen molar-refractivity contribution in [3.63, 3.8) is 0 Å². The lowest BCUT2D eigenvalue weighted by Crippen LogP contribution is -2.39. The Morgan fingerprint density at radius 3 is 2.55 bits per heavy atom. The van der Waals surface area contributed by atoms with E-state index in [1.54, 1.807) is 32.9 Å². The van der Waals surface area contributed by atoms with Crippen molar-refractivity contribution in [1.82, 2.24) is 19.7 Å². The van der Waals surface area contributed by atoms with Gasteiger partial charge in [-0.25, -0.2) is 22.5 Å². The Morgan fingerprint density at radius 1 is 1.09 bits per heavy atom. The molecule has 3 aromatic heterocycles. The summed E-state index contributed by atoms with van der Waals surface area (Å²) >= 11 is 0. The molecule has 0 atom stereocenters. The second-order valence-electron chi connectivity index (χ2n) is 8.17. The Morgan fingerprint density at radius 2 is 1.85 bits per heavy atom. The number of hydrogen-bond donors (Lipinski definition) is 0. The molecule has 1 amide bonds. The maximum atomic E-state index is 13.3. The Kier molecular flexibility index (Phi) is 5.81. The number of hydrogen-bond acceptors (Lipinski definition) is 5. The van der Waals surface area contributed by atoms with E-state index in [1.807, 2.05) is 0 Å². The molecule has 3 aromatic rings. The number of anilines is 1. The first-order valence-electron chi connectivity index (χ1n) is 10.1. The van der Waals surface area contributed by atoms with Gasteiger partial charge in [0.15, 0.2) is 0 Å². The van der Waals surface area contributed by atoms with Crippen LogP contribution in [0.25, 0.3) is 11.3 Å². The summed E-state index contributed by atoms with van der Waals surface area (Å²) in [6.45, 7) is 4.05. The van der Waals surface area contributed by atoms with E-state index in [1.165, 1.54) is 29.7 Å². The van der Waals surface area contributed by atoms with Crippen molar-refractivity contribution < 1.29 is 27.1 Å². The minimum Gasteiger partial charge on any atom is -0.486 e. The van der Waals surface area contributed by atoms with Gasteiger partial charge < -0.3 is 4.74 Å². The number of fused-ring (bicyclic) bond motifs is 1. The van der Waals surface area contributed by atoms with Crippen molar-refractivity contribution in [2.24, 2.45) is 0 Å². The highest BCUT2D eigenvalue weighted by Gasteiger charge is 2.47. The number of rotatable bonds is 7. The fourth-order valence-electron chi connectivity index (χ4n) is 3.95. The van der Waals surface area contributed by atoms with Crippen LogP contribution < -0.4 is 9.64 Å². The molecule has 0 spiro atoms. The van der Waals surface area contributed by atoms with E-state index in [0.29, 0.717) is 33.8 Å². The zero-order valence-corrected chi connectivity index (χ0v) is 18.1. The summed E-state index contributed by atoms with van der Waals surface area (Å²) in [5.74, 6) is -0.133. The van der Waals surface area contributed by atoms with Gasteiger partial charge in [-0.2, -0.15) is 5.10 Å². The Labute approximate surface area is 187 Å². The van der Waals surface area contributed by atoms with Gasteiger partial charge in [-0.3, -0.25) is 19.4 Å². The van der Waals surface area contributed by atoms with Gasteiger partial charge in [0.1, 0.15) is 18.9 Å². The molecule has 0 saturated heterocycles. The predicted octanol–water partition coefficient (Wildman–Crippen LogP) is 4.45. The minimum atomic E-state index is -2.61. The molecular weight excluding hydrogens is 442 g/mol. The predicted molar refractivity (Wildman–Crippen MR) is 112 cm³/mol. The number of ether oxygens (including phenoxy) is 1. The van der Waals surface area contributed by atoms with E-state index >= 15 is 0 Å². The first-order chi connectivity index (χ1) is 15.6. The molecule has 4 rings (SSSR count). The number of amides is 1. The molecule has 0 aliphatic carbocycles. The summed E-state index contributed by atoms with van der Waals surface area (Å²) in [6, 6.07) is 3.27. The molecule has 0 N–H and O–H groups in total. The molecule has 33 heavy (non-hydrogen) atoms. The van der Waals surface area contributed by atoms with Crippen LogP contribution in [0.1, 0.15) is 35.5 Å². The molecule has 0 radical (unpaired) electrons. The summed E-state index contributed by atoms with van der Waals surface area (Å²) < 4.78 is 56.5. The highest BCUT2D eigenvalue weighted by molar-refractivity contribution is 6.12. The van der Waals surface area contributed by atoms with Crippen LogP contribution in [-0.4, -0.2) is 45.1 Å². The van der Waals surface area contributed by atoms with E-state index < -0.39 is 31.5 Å². The number of pyridine rings is 2. The summed E-state index contributed by atoms with van der Waals surface area (Å²) in [4.78, 5) is 23.5. The van der Waals surface area contributed by atoms with Gasteiger partial charge in [-0.15, -0.1) is 0 Å². The second kappa shape index (κ2) is 8.45. The van der Waals surface area contributed by atoms with Gasteiger partial charge in [0.05, 0.1) is 40.6 Å². The zero-order valence-electron chi connectivity index (χ0n) is 18.1. The molecule has 0 fully saturated rings. The molecular formula is C22H21F4N5O2. The number of carbonyl (C=O) groups excluding carboxylic acids is 1. The molecule has 0 bridgehead atoms. The van der Waals surface area contributed by atoms with Crippen molar-refractivity contribution in [1.29, 1.82) is 0 Å². The highest BCUT2D eigenvalue weighted by Crippen LogP contribution is 2.43. The van der Waals surface area contributed by atoms with Gasteiger partial charge in [-0.05, 0) is 38.5 Å². The Hall–Kier alpha value is -3.50. The Balaban J connectivity index is 1.71. The molecule has 4 heterocycles. The third kappa shape index (κ3) is 4.27. The van der Waals surface area contributed by atoms with E-state index in [2.05, 4.69) is 10.1 Å². The quantitative estimate of drug-likeness (QED) is 0.484. The average Bonchev–Trinajstić information content (AvgIpc) is 3.25. The smallest absolute Gasteiger partial charge is 0.272 e. The SMILES string of the molecule is Cc1cc(-c2cncc(OCC(F)F)c2)nc2c1C(=O)N(c1cnn(CC(F)F)c1)C2(C)C. The maximum Gasteiger partial charge on any atom is 0.272 e. The molecule has 1 aliphatic heterocycles. The zero-order chi connectivity index (χ0) is 23.9. The number of alkyl halides is 4. The lowest BCUT2D eigenvalue weighted by Gasteiger charge is -2.30. The van der Waals surface area contributed by atoms with Crippen molar-refractivity contribution in [3.05, 3.63) is 53.7 Å². The molecule has 174 valence electrons. The van der Waals surface area contributed by atoms with Crippen LogP contribution in [-0.2, 0) is 12.1 Å². The second-order valence-corrected chi connectivity index (χ2v) is 8.17. The summed E-state index contributed by atoms with van der Waals surface area (Å²) in [5.41, 5.74) is 2.11. The number of nitrogens with zero attached hydrogens (tertiary/aromatic N) is 5. The average molecular weight is 463 g/mol. The number of aryl methyl sites for hydroxylation is 1. The summed E-state index contributed by atoms with van der Waals surface area (Å²) in [5, 5.41) is 3.94. The Bertz CT molecular complexity index is 1200. The fourth-order valence-corrected chi connectivity index (χ4v) is 3.95. The van der Waals surface area contributed by atoms with Gasteiger partial charge >= 0.3 is 0 Å². The maximum absolute atomic E-state index is 13.3. The van der Waals surface area contributed by atoms with E-state index in [-0.39, 0.29) is 11.7 Å². The fraction of sp³-hybridized carbons (Fsp3) is 0.364. The molecule has 7 nitrogen and oxygen atoms in total. The van der Waals surface area contributed by atoms with Gasteiger partial charge in [-0.1, -0.05) is 0 Å². The first-order valence-corrected chi connectivity index (χ1v) is 10.1. The molecule has 0 saturated carbocycles. The van der Waals surface area contributed by atoms with Crippen LogP contribution in [0.3, 0.4) is 0 Å². The van der Waals surface area contributed by atoms with E-state index in [4.69, 9.17) is 9.72 Å². The standard InChI is InChI=1S/C22H21F4N5O2/c1-12-4-16(13-5-15(8-27-6-13)33-11-18(25)26)29-20-19(12)21(32)31(22(20,2)3)14-7-28-30(9-14)10-17(23)24/h4-9,17-18H,10-11H2,1-3H3. The minimum absolute atomic E-state index is 0.177. The number of halogens is 4. The third-order valence-electron chi connectivity index (χ3n) is 5.36. The van der Waals surface area contributed by atoms with Crippen molar-refractivity contribution in [2.45, 2.75) is 45.7 Å². The van der Waals surface area contributed by atoms with Gasteiger partial charge in [0.25, 0.3) is 18.8 Å². The lowest BCUT2D eigenvalue weighted by molar-refractivity contribution is 0.0817. The van der Waals surface area contributed by atoms with Crippen LogP contribution in [0.2, 0.25) is 0 Å². The molecule has 1 aliphatic rings. The van der Waals surface area contributed by atoms with Crippen LogP contribution in [0.5, 0.6) is 5.75 Å². The van der Waals surface area contributed by atoms with Crippen molar-refractivity contribution >= 4 is 11.6 Å². The molecule has 11 heteroatoms. The lowest BCUT2D eigenvalue weighted by atomic mass is 9.96. The van der Waals surface area contributed by atoms with Crippen LogP contribution in [0, 0.1) is 6.92 Å². The molecule has 0 aromatic carbocycles. The number of aromatic nitrogens is 4. The monoisotopic (exact) mass is 463 g/mol. The topological polar surface area (TPSA) is 73.1 Å². The summed E-state index contributed by atoms with van der Waals surface area (Å²) in [7, 11) is 0. The summed E-state index contributed by atoms with van der Waals surface area (Å²) in [6.07, 6.45) is 0.451. The van der Waals surface area contributed by atoms with Crippen LogP contribution in [0.15, 0.2) is 36.9 Å². The largest absolute Gasteiger partial charge is 0.486 e. The number of carbonyl (C=O) groups is 1. The normalized spacial score (nSPS) is 14.9. The van der Waals surface area contributed by atoms with Crippen molar-refractivity contribution in [2.75, 3.05) is 11.5 Å². The van der Waals surface area contributed by atoms with E-state index in [0.717, 1.165) is 4.68 Å². The van der Waals surface area contributed by atoms with Crippen LogP contribution >= 0.6 is 0 Å². The van der Waals surface area contributed by atoms with Gasteiger partial charge in [0, 0.05) is 18.0 Å². The first kappa shape index (κ1) is 22.7.